The Morgan fingerprint density at radius 1 is 1.44 bits per heavy atom. The molecule has 100 valence electrons. The average molecular weight is 252 g/mol. The first-order valence-electron chi connectivity index (χ1n) is 6.11. The molecular formula is C13H20N2O3. The largest absolute Gasteiger partial charge is 0.476 e. The molecule has 0 radical (unpaired) electrons. The van der Waals surface area contributed by atoms with Crippen LogP contribution in [0.25, 0.3) is 0 Å². The zero-order chi connectivity index (χ0) is 13.6. The lowest BCUT2D eigenvalue weighted by molar-refractivity contribution is 0.0691. The van der Waals surface area contributed by atoms with E-state index in [1.807, 2.05) is 13.8 Å². The molecule has 3 N–H and O–H groups in total. The van der Waals surface area contributed by atoms with Crippen molar-refractivity contribution in [2.75, 3.05) is 18.5 Å². The molecule has 1 rings (SSSR count). The van der Waals surface area contributed by atoms with Crippen LogP contribution in [0.15, 0.2) is 18.3 Å². The van der Waals surface area contributed by atoms with Gasteiger partial charge in [-0.1, -0.05) is 13.8 Å². The number of aliphatic hydroxyl groups excluding tert-OH is 1. The van der Waals surface area contributed by atoms with Gasteiger partial charge in [-0.3, -0.25) is 0 Å². The molecule has 1 aromatic rings. The van der Waals surface area contributed by atoms with Gasteiger partial charge in [0, 0.05) is 18.2 Å². The number of aliphatic hydroxyl groups is 1. The highest BCUT2D eigenvalue weighted by Gasteiger charge is 2.25. The molecule has 0 aliphatic heterocycles. The smallest absolute Gasteiger partial charge is 0.356 e. The van der Waals surface area contributed by atoms with Gasteiger partial charge in [0.05, 0.1) is 12.3 Å². The summed E-state index contributed by atoms with van der Waals surface area (Å²) in [5, 5.41) is 21.6. The molecule has 0 fully saturated rings. The molecule has 0 amide bonds. The van der Waals surface area contributed by atoms with Crippen LogP contribution in [0.1, 0.15) is 37.2 Å². The van der Waals surface area contributed by atoms with Crippen molar-refractivity contribution in [2.45, 2.75) is 26.7 Å². The number of anilines is 1. The Balaban J connectivity index is 2.83. The molecule has 0 saturated heterocycles. The van der Waals surface area contributed by atoms with Crippen LogP contribution in [0.3, 0.4) is 0 Å². The number of nitrogens with zero attached hydrogens (tertiary/aromatic N) is 1. The minimum absolute atomic E-state index is 0.0107. The highest BCUT2D eigenvalue weighted by molar-refractivity contribution is 5.91. The SMILES string of the molecule is CCC(CC)(CO)CNc1cccnc1C(=O)O. The molecule has 0 atom stereocenters. The summed E-state index contributed by atoms with van der Waals surface area (Å²) in [5.74, 6) is -1.05. The van der Waals surface area contributed by atoms with Gasteiger partial charge >= 0.3 is 5.97 Å². The monoisotopic (exact) mass is 252 g/mol. The van der Waals surface area contributed by atoms with Crippen LogP contribution in [0.5, 0.6) is 0 Å². The highest BCUT2D eigenvalue weighted by atomic mass is 16.4. The second-order valence-electron chi connectivity index (χ2n) is 4.42. The van der Waals surface area contributed by atoms with E-state index in [4.69, 9.17) is 5.11 Å². The summed E-state index contributed by atoms with van der Waals surface area (Å²) in [7, 11) is 0. The predicted molar refractivity (Wildman–Crippen MR) is 69.8 cm³/mol. The Morgan fingerprint density at radius 2 is 2.11 bits per heavy atom. The number of pyridine rings is 1. The summed E-state index contributed by atoms with van der Waals surface area (Å²) >= 11 is 0. The van der Waals surface area contributed by atoms with Crippen molar-refractivity contribution in [3.05, 3.63) is 24.0 Å². The second-order valence-corrected chi connectivity index (χ2v) is 4.42. The molecule has 0 aliphatic carbocycles. The number of hydrogen-bond donors (Lipinski definition) is 3. The van der Waals surface area contributed by atoms with E-state index in [-0.39, 0.29) is 17.7 Å². The Labute approximate surface area is 107 Å². The predicted octanol–water partition coefficient (Wildman–Crippen LogP) is 1.99. The maximum atomic E-state index is 11.0. The normalized spacial score (nSPS) is 11.3. The van der Waals surface area contributed by atoms with Gasteiger partial charge in [0.2, 0.25) is 0 Å². The summed E-state index contributed by atoms with van der Waals surface area (Å²) in [5.41, 5.74) is 0.285. The van der Waals surface area contributed by atoms with Crippen molar-refractivity contribution >= 4 is 11.7 Å². The minimum Gasteiger partial charge on any atom is -0.476 e. The van der Waals surface area contributed by atoms with E-state index >= 15 is 0 Å². The van der Waals surface area contributed by atoms with E-state index in [0.29, 0.717) is 12.2 Å². The van der Waals surface area contributed by atoms with E-state index < -0.39 is 5.97 Å². The summed E-state index contributed by atoms with van der Waals surface area (Å²) in [6, 6.07) is 3.37. The molecule has 5 heteroatoms. The van der Waals surface area contributed by atoms with Crippen LogP contribution in [0.2, 0.25) is 0 Å². The lowest BCUT2D eigenvalue weighted by atomic mass is 9.83. The number of aromatic nitrogens is 1. The molecule has 0 spiro atoms. The fourth-order valence-electron chi connectivity index (χ4n) is 1.78. The maximum absolute atomic E-state index is 11.0. The third-order valence-corrected chi connectivity index (χ3v) is 3.50. The van der Waals surface area contributed by atoms with Gasteiger partial charge in [-0.15, -0.1) is 0 Å². The molecule has 0 saturated carbocycles. The second kappa shape index (κ2) is 6.35. The topological polar surface area (TPSA) is 82.5 Å². The molecular weight excluding hydrogens is 232 g/mol. The standard InChI is InChI=1S/C13H20N2O3/c1-3-13(4-2,9-16)8-15-10-6-5-7-14-11(10)12(17)18/h5-7,15-16H,3-4,8-9H2,1-2H3,(H,17,18). The summed E-state index contributed by atoms with van der Waals surface area (Å²) in [6.45, 7) is 4.64. The first-order chi connectivity index (χ1) is 8.58. The minimum atomic E-state index is -1.05. The molecule has 0 aromatic carbocycles. The first kappa shape index (κ1) is 14.4. The molecule has 1 aromatic heterocycles. The summed E-state index contributed by atoms with van der Waals surface area (Å²) < 4.78 is 0. The summed E-state index contributed by atoms with van der Waals surface area (Å²) in [6.07, 6.45) is 3.11. The lowest BCUT2D eigenvalue weighted by Crippen LogP contribution is -2.32. The molecule has 18 heavy (non-hydrogen) atoms. The number of rotatable bonds is 7. The molecule has 0 bridgehead atoms. The zero-order valence-electron chi connectivity index (χ0n) is 10.8. The van der Waals surface area contributed by atoms with Gasteiger partial charge < -0.3 is 15.5 Å². The zero-order valence-corrected chi connectivity index (χ0v) is 10.8. The quantitative estimate of drug-likeness (QED) is 0.691. The summed E-state index contributed by atoms with van der Waals surface area (Å²) in [4.78, 5) is 14.8. The number of nitrogens with one attached hydrogen (secondary N) is 1. The molecule has 0 aliphatic rings. The Kier molecular flexibility index (Phi) is 5.09. The van der Waals surface area contributed by atoms with Crippen molar-refractivity contribution in [3.63, 3.8) is 0 Å². The van der Waals surface area contributed by atoms with Crippen molar-refractivity contribution < 1.29 is 15.0 Å². The Morgan fingerprint density at radius 3 is 2.61 bits per heavy atom. The van der Waals surface area contributed by atoms with E-state index in [9.17, 15) is 9.90 Å². The van der Waals surface area contributed by atoms with E-state index in [0.717, 1.165) is 12.8 Å². The van der Waals surface area contributed by atoms with Crippen molar-refractivity contribution in [1.29, 1.82) is 0 Å². The van der Waals surface area contributed by atoms with Gasteiger partial charge in [-0.25, -0.2) is 9.78 Å². The van der Waals surface area contributed by atoms with Gasteiger partial charge in [0.25, 0.3) is 0 Å². The Bertz CT molecular complexity index is 395. The van der Waals surface area contributed by atoms with Crippen LogP contribution in [0, 0.1) is 5.41 Å². The van der Waals surface area contributed by atoms with Gasteiger partial charge in [-0.05, 0) is 25.0 Å². The number of carboxylic acids is 1. The van der Waals surface area contributed by atoms with Crippen LogP contribution < -0.4 is 5.32 Å². The maximum Gasteiger partial charge on any atom is 0.356 e. The third kappa shape index (κ3) is 3.20. The van der Waals surface area contributed by atoms with Gasteiger partial charge in [-0.2, -0.15) is 0 Å². The van der Waals surface area contributed by atoms with Crippen molar-refractivity contribution in [2.24, 2.45) is 5.41 Å². The third-order valence-electron chi connectivity index (χ3n) is 3.50. The number of carboxylic acid groups (broad SMARTS) is 1. The molecule has 1 heterocycles. The number of hydrogen-bond acceptors (Lipinski definition) is 4. The van der Waals surface area contributed by atoms with E-state index in [1.54, 1.807) is 12.1 Å². The first-order valence-corrected chi connectivity index (χ1v) is 6.11. The van der Waals surface area contributed by atoms with Crippen LogP contribution >= 0.6 is 0 Å². The lowest BCUT2D eigenvalue weighted by Gasteiger charge is -2.30. The highest BCUT2D eigenvalue weighted by Crippen LogP contribution is 2.26. The Hall–Kier alpha value is -1.62. The fraction of sp³-hybridized carbons (Fsp3) is 0.538. The van der Waals surface area contributed by atoms with Crippen molar-refractivity contribution in [1.82, 2.24) is 4.98 Å². The van der Waals surface area contributed by atoms with Crippen LogP contribution in [-0.4, -0.2) is 34.3 Å². The molecule has 0 unspecified atom stereocenters. The van der Waals surface area contributed by atoms with Crippen LogP contribution in [0.4, 0.5) is 5.69 Å². The van der Waals surface area contributed by atoms with Crippen LogP contribution in [-0.2, 0) is 0 Å². The van der Waals surface area contributed by atoms with Gasteiger partial charge in [0.1, 0.15) is 0 Å². The van der Waals surface area contributed by atoms with Crippen molar-refractivity contribution in [3.8, 4) is 0 Å². The van der Waals surface area contributed by atoms with Gasteiger partial charge in [0.15, 0.2) is 5.69 Å². The number of carbonyl (C=O) groups is 1. The average Bonchev–Trinajstić information content (AvgIpc) is 2.41. The number of aromatic carboxylic acids is 1. The fourth-order valence-corrected chi connectivity index (χ4v) is 1.78. The van der Waals surface area contributed by atoms with E-state index in [2.05, 4.69) is 10.3 Å². The molecule has 5 nitrogen and oxygen atoms in total. The van der Waals surface area contributed by atoms with E-state index in [1.165, 1.54) is 6.20 Å².